The summed E-state index contributed by atoms with van der Waals surface area (Å²) >= 11 is 0. The first-order chi connectivity index (χ1) is 10.5. The molecule has 5 nitrogen and oxygen atoms in total. The Morgan fingerprint density at radius 1 is 1.36 bits per heavy atom. The molecule has 22 heavy (non-hydrogen) atoms. The summed E-state index contributed by atoms with van der Waals surface area (Å²) in [5, 5.41) is 14.6. The third-order valence-corrected chi connectivity index (χ3v) is 4.58. The molecule has 1 N–H and O–H groups in total. The van der Waals surface area contributed by atoms with Gasteiger partial charge in [0.15, 0.2) is 5.58 Å². The van der Waals surface area contributed by atoms with Gasteiger partial charge in [0.2, 0.25) is 0 Å². The number of benzene rings is 1. The zero-order valence-electron chi connectivity index (χ0n) is 13.1. The second-order valence-electron chi connectivity index (χ2n) is 6.80. The lowest BCUT2D eigenvalue weighted by molar-refractivity contribution is -0.148. The number of nitrogens with zero attached hydrogens (tertiary/aromatic N) is 2. The predicted molar refractivity (Wildman–Crippen MR) is 83.8 cm³/mol. The highest BCUT2D eigenvalue weighted by Gasteiger charge is 2.32. The molecule has 0 radical (unpaired) electrons. The second kappa shape index (κ2) is 5.72. The Balaban J connectivity index is 1.66. The highest BCUT2D eigenvalue weighted by atomic mass is 16.5. The fourth-order valence-corrected chi connectivity index (χ4v) is 3.19. The number of aliphatic carboxylic acids is 1. The zero-order chi connectivity index (χ0) is 15.7. The molecule has 0 atom stereocenters. The molecule has 5 heteroatoms. The second-order valence-corrected chi connectivity index (χ2v) is 6.80. The Kier molecular flexibility index (Phi) is 3.91. The van der Waals surface area contributed by atoms with E-state index in [-0.39, 0.29) is 0 Å². The first kappa shape index (κ1) is 15.0. The van der Waals surface area contributed by atoms with Gasteiger partial charge in [-0.2, -0.15) is 0 Å². The van der Waals surface area contributed by atoms with Crippen LogP contribution in [-0.2, 0) is 4.79 Å². The van der Waals surface area contributed by atoms with E-state index in [9.17, 15) is 9.90 Å². The van der Waals surface area contributed by atoms with Gasteiger partial charge in [-0.05, 0) is 51.9 Å². The van der Waals surface area contributed by atoms with Gasteiger partial charge in [0.25, 0.3) is 0 Å². The third kappa shape index (κ3) is 2.86. The highest BCUT2D eigenvalue weighted by molar-refractivity contribution is 5.79. The molecule has 118 valence electrons. The molecular formula is C17H22N2O3. The average molecular weight is 302 g/mol. The Bertz CT molecular complexity index is 669. The maximum Gasteiger partial charge on any atom is 0.310 e. The van der Waals surface area contributed by atoms with Crippen LogP contribution in [0.25, 0.3) is 11.0 Å². The molecule has 0 spiro atoms. The Morgan fingerprint density at radius 3 is 2.73 bits per heavy atom. The van der Waals surface area contributed by atoms with E-state index >= 15 is 0 Å². The number of rotatable bonds is 4. The van der Waals surface area contributed by atoms with Crippen molar-refractivity contribution in [1.82, 2.24) is 10.1 Å². The van der Waals surface area contributed by atoms with Crippen molar-refractivity contribution in [1.29, 1.82) is 0 Å². The van der Waals surface area contributed by atoms with Crippen LogP contribution in [0, 0.1) is 5.41 Å². The van der Waals surface area contributed by atoms with Crippen molar-refractivity contribution in [3.05, 3.63) is 30.0 Å². The van der Waals surface area contributed by atoms with Crippen LogP contribution in [0.4, 0.5) is 0 Å². The SMILES string of the molecule is CC(C)(CN1CCC(c2noc3ccccc23)CC1)C(=O)O. The van der Waals surface area contributed by atoms with Crippen molar-refractivity contribution in [2.45, 2.75) is 32.6 Å². The van der Waals surface area contributed by atoms with Crippen LogP contribution in [-0.4, -0.2) is 40.8 Å². The molecule has 1 aromatic heterocycles. The molecule has 1 aromatic carbocycles. The van der Waals surface area contributed by atoms with E-state index in [0.29, 0.717) is 12.5 Å². The number of para-hydroxylation sites is 1. The van der Waals surface area contributed by atoms with Crippen molar-refractivity contribution >= 4 is 16.9 Å². The molecule has 0 saturated carbocycles. The van der Waals surface area contributed by atoms with Crippen LogP contribution < -0.4 is 0 Å². The molecular weight excluding hydrogens is 280 g/mol. The first-order valence-electron chi connectivity index (χ1n) is 7.77. The van der Waals surface area contributed by atoms with Gasteiger partial charge in [0, 0.05) is 17.8 Å². The van der Waals surface area contributed by atoms with E-state index < -0.39 is 11.4 Å². The van der Waals surface area contributed by atoms with Crippen LogP contribution in [0.2, 0.25) is 0 Å². The molecule has 1 aliphatic rings. The van der Waals surface area contributed by atoms with Crippen LogP contribution in [0.3, 0.4) is 0 Å². The van der Waals surface area contributed by atoms with Crippen LogP contribution in [0.15, 0.2) is 28.8 Å². The molecule has 1 fully saturated rings. The van der Waals surface area contributed by atoms with Gasteiger partial charge in [-0.25, -0.2) is 0 Å². The quantitative estimate of drug-likeness (QED) is 0.940. The maximum atomic E-state index is 11.2. The summed E-state index contributed by atoms with van der Waals surface area (Å²) in [6, 6.07) is 7.96. The van der Waals surface area contributed by atoms with Gasteiger partial charge in [-0.1, -0.05) is 17.3 Å². The number of hydrogen-bond acceptors (Lipinski definition) is 4. The number of likely N-dealkylation sites (tertiary alicyclic amines) is 1. The van der Waals surface area contributed by atoms with Crippen molar-refractivity contribution in [3.63, 3.8) is 0 Å². The van der Waals surface area contributed by atoms with Gasteiger partial charge in [0.05, 0.1) is 11.1 Å². The van der Waals surface area contributed by atoms with E-state index in [2.05, 4.69) is 16.1 Å². The fourth-order valence-electron chi connectivity index (χ4n) is 3.19. The van der Waals surface area contributed by atoms with Crippen LogP contribution in [0.5, 0.6) is 0 Å². The van der Waals surface area contributed by atoms with E-state index in [1.54, 1.807) is 13.8 Å². The highest BCUT2D eigenvalue weighted by Crippen LogP contribution is 2.33. The van der Waals surface area contributed by atoms with E-state index in [4.69, 9.17) is 4.52 Å². The topological polar surface area (TPSA) is 66.6 Å². The molecule has 0 aliphatic carbocycles. The summed E-state index contributed by atoms with van der Waals surface area (Å²) in [6.07, 6.45) is 1.98. The summed E-state index contributed by atoms with van der Waals surface area (Å²) in [4.78, 5) is 13.5. The van der Waals surface area contributed by atoms with Gasteiger partial charge in [-0.15, -0.1) is 0 Å². The van der Waals surface area contributed by atoms with Crippen LogP contribution >= 0.6 is 0 Å². The van der Waals surface area contributed by atoms with Crippen molar-refractivity contribution in [2.24, 2.45) is 5.41 Å². The standard InChI is InChI=1S/C17H22N2O3/c1-17(2,16(20)21)11-19-9-7-12(8-10-19)15-13-5-3-4-6-14(13)22-18-15/h3-6,12H,7-11H2,1-2H3,(H,20,21). The minimum Gasteiger partial charge on any atom is -0.481 e. The normalized spacial score (nSPS) is 17.9. The van der Waals surface area contributed by atoms with Gasteiger partial charge in [-0.3, -0.25) is 4.79 Å². The van der Waals surface area contributed by atoms with E-state index in [1.807, 2.05) is 18.2 Å². The summed E-state index contributed by atoms with van der Waals surface area (Å²) in [5.74, 6) is -0.343. The van der Waals surface area contributed by atoms with Gasteiger partial charge >= 0.3 is 5.97 Å². The molecule has 3 rings (SSSR count). The Labute approximate surface area is 129 Å². The van der Waals surface area contributed by atoms with E-state index in [1.165, 1.54) is 0 Å². The minimum absolute atomic E-state index is 0.396. The molecule has 0 bridgehead atoms. The first-order valence-corrected chi connectivity index (χ1v) is 7.77. The number of aromatic nitrogens is 1. The molecule has 1 saturated heterocycles. The lowest BCUT2D eigenvalue weighted by Gasteiger charge is -2.35. The van der Waals surface area contributed by atoms with Crippen molar-refractivity contribution in [3.8, 4) is 0 Å². The average Bonchev–Trinajstić information content (AvgIpc) is 2.91. The summed E-state index contributed by atoms with van der Waals surface area (Å²) in [7, 11) is 0. The number of hydrogen-bond donors (Lipinski definition) is 1. The van der Waals surface area contributed by atoms with E-state index in [0.717, 1.165) is 42.6 Å². The maximum absolute atomic E-state index is 11.2. The van der Waals surface area contributed by atoms with Crippen molar-refractivity contribution in [2.75, 3.05) is 19.6 Å². The molecule has 2 heterocycles. The Hall–Kier alpha value is -1.88. The summed E-state index contributed by atoms with van der Waals surface area (Å²) in [6.45, 7) is 5.97. The monoisotopic (exact) mass is 302 g/mol. The number of piperidine rings is 1. The summed E-state index contributed by atoms with van der Waals surface area (Å²) in [5.41, 5.74) is 1.19. The van der Waals surface area contributed by atoms with Gasteiger partial charge < -0.3 is 14.5 Å². The smallest absolute Gasteiger partial charge is 0.310 e. The molecule has 1 aliphatic heterocycles. The number of carboxylic acid groups (broad SMARTS) is 1. The number of carbonyl (C=O) groups is 1. The Morgan fingerprint density at radius 2 is 2.05 bits per heavy atom. The molecule has 2 aromatic rings. The minimum atomic E-state index is -0.739. The zero-order valence-corrected chi connectivity index (χ0v) is 13.1. The number of carboxylic acids is 1. The molecule has 0 unspecified atom stereocenters. The largest absolute Gasteiger partial charge is 0.481 e. The predicted octanol–water partition coefficient (Wildman–Crippen LogP) is 3.12. The lowest BCUT2D eigenvalue weighted by atomic mass is 9.88. The van der Waals surface area contributed by atoms with Crippen LogP contribution in [0.1, 0.15) is 38.3 Å². The van der Waals surface area contributed by atoms with Gasteiger partial charge in [0.1, 0.15) is 0 Å². The summed E-state index contributed by atoms with van der Waals surface area (Å²) < 4.78 is 5.40. The molecule has 0 amide bonds. The lowest BCUT2D eigenvalue weighted by Crippen LogP contribution is -2.42. The van der Waals surface area contributed by atoms with Crippen molar-refractivity contribution < 1.29 is 14.4 Å². The third-order valence-electron chi connectivity index (χ3n) is 4.58. The fraction of sp³-hybridized carbons (Fsp3) is 0.529. The number of fused-ring (bicyclic) bond motifs is 1.